The maximum Gasteiger partial charge on any atom is 0.122 e. The normalized spacial score (nSPS) is 11.7. The van der Waals surface area contributed by atoms with Crippen LogP contribution in [0, 0.1) is 13.8 Å². The number of aryl methyl sites for hydroxylation is 2. The Hall–Kier alpha value is -1.77. The Morgan fingerprint density at radius 3 is 2.45 bits per heavy atom. The van der Waals surface area contributed by atoms with Crippen molar-refractivity contribution < 1.29 is 4.74 Å². The fourth-order valence-corrected chi connectivity index (χ4v) is 2.15. The highest BCUT2D eigenvalue weighted by Gasteiger charge is 2.14. The number of benzene rings is 1. The minimum atomic E-state index is 0.176. The molecule has 0 aliphatic carbocycles. The van der Waals surface area contributed by atoms with Crippen LogP contribution < -0.4 is 4.74 Å². The van der Waals surface area contributed by atoms with Gasteiger partial charge in [0.15, 0.2) is 0 Å². The number of nitrogens with zero attached hydrogens (tertiary/aromatic N) is 2. The summed E-state index contributed by atoms with van der Waals surface area (Å²) in [4.78, 5) is 0. The lowest BCUT2D eigenvalue weighted by Gasteiger charge is -2.20. The van der Waals surface area contributed by atoms with Crippen molar-refractivity contribution >= 4 is 0 Å². The summed E-state index contributed by atoms with van der Waals surface area (Å²) in [7, 11) is 0. The van der Waals surface area contributed by atoms with Crippen molar-refractivity contribution in [1.82, 2.24) is 9.78 Å². The van der Waals surface area contributed by atoms with E-state index in [1.165, 1.54) is 11.1 Å². The fourth-order valence-electron chi connectivity index (χ4n) is 2.15. The molecule has 0 bridgehead atoms. The van der Waals surface area contributed by atoms with Crippen molar-refractivity contribution in [3.63, 3.8) is 0 Å². The van der Waals surface area contributed by atoms with Crippen LogP contribution in [-0.4, -0.2) is 16.4 Å². The van der Waals surface area contributed by atoms with Gasteiger partial charge in [0, 0.05) is 11.9 Å². The van der Waals surface area contributed by atoms with E-state index in [0.29, 0.717) is 6.61 Å². The minimum absolute atomic E-state index is 0.176. The predicted molar refractivity (Wildman–Crippen MR) is 82.3 cm³/mol. The Morgan fingerprint density at radius 2 is 1.90 bits per heavy atom. The van der Waals surface area contributed by atoms with Crippen LogP contribution in [0.15, 0.2) is 30.5 Å². The highest BCUT2D eigenvalue weighted by atomic mass is 16.5. The van der Waals surface area contributed by atoms with Gasteiger partial charge in [-0.3, -0.25) is 4.68 Å². The summed E-state index contributed by atoms with van der Waals surface area (Å²) in [5.41, 5.74) is 3.86. The van der Waals surface area contributed by atoms with Crippen LogP contribution in [-0.2, 0) is 12.0 Å². The molecule has 0 amide bonds. The second kappa shape index (κ2) is 5.70. The third-order valence-corrected chi connectivity index (χ3v) is 3.53. The summed E-state index contributed by atoms with van der Waals surface area (Å²) in [6, 6.07) is 8.45. The molecule has 108 valence electrons. The monoisotopic (exact) mass is 272 g/mol. The summed E-state index contributed by atoms with van der Waals surface area (Å²) in [6.45, 7) is 12.2. The SMILES string of the molecule is Cc1cc(C(C)(C)C)ccc1OCCn1nccc1C. The first-order chi connectivity index (χ1) is 9.38. The average Bonchev–Trinajstić information content (AvgIpc) is 2.76. The van der Waals surface area contributed by atoms with Gasteiger partial charge >= 0.3 is 0 Å². The number of aromatic nitrogens is 2. The molecule has 0 unspecified atom stereocenters. The molecule has 0 radical (unpaired) electrons. The molecule has 20 heavy (non-hydrogen) atoms. The van der Waals surface area contributed by atoms with Crippen molar-refractivity contribution in [3.8, 4) is 5.75 Å². The molecule has 0 spiro atoms. The molecule has 2 rings (SSSR count). The van der Waals surface area contributed by atoms with Gasteiger partial charge in [-0.25, -0.2) is 0 Å². The summed E-state index contributed by atoms with van der Waals surface area (Å²) in [5, 5.41) is 4.25. The van der Waals surface area contributed by atoms with Gasteiger partial charge in [-0.05, 0) is 42.5 Å². The molecule has 0 aliphatic heterocycles. The third-order valence-electron chi connectivity index (χ3n) is 3.53. The lowest BCUT2D eigenvalue weighted by atomic mass is 9.86. The minimum Gasteiger partial charge on any atom is -0.491 e. The Kier molecular flexibility index (Phi) is 4.17. The number of hydrogen-bond donors (Lipinski definition) is 0. The molecular weight excluding hydrogens is 248 g/mol. The van der Waals surface area contributed by atoms with Crippen molar-refractivity contribution in [2.75, 3.05) is 6.61 Å². The van der Waals surface area contributed by atoms with Crippen LogP contribution in [0.2, 0.25) is 0 Å². The summed E-state index contributed by atoms with van der Waals surface area (Å²) in [6.07, 6.45) is 1.82. The standard InChI is InChI=1S/C17H24N2O/c1-13-12-15(17(3,4)5)6-7-16(13)20-11-10-19-14(2)8-9-18-19/h6-9,12H,10-11H2,1-5H3. The van der Waals surface area contributed by atoms with E-state index in [-0.39, 0.29) is 5.41 Å². The first kappa shape index (κ1) is 14.6. The zero-order valence-corrected chi connectivity index (χ0v) is 13.1. The third kappa shape index (κ3) is 3.41. The van der Waals surface area contributed by atoms with Crippen molar-refractivity contribution in [3.05, 3.63) is 47.3 Å². The molecule has 0 aliphatic rings. The molecule has 2 aromatic rings. The second-order valence-electron chi connectivity index (χ2n) is 6.27. The van der Waals surface area contributed by atoms with Crippen LogP contribution in [0.1, 0.15) is 37.6 Å². The molecular formula is C17H24N2O. The van der Waals surface area contributed by atoms with E-state index in [0.717, 1.165) is 18.0 Å². The summed E-state index contributed by atoms with van der Waals surface area (Å²) < 4.78 is 7.83. The number of ether oxygens (including phenoxy) is 1. The van der Waals surface area contributed by atoms with E-state index in [2.05, 4.69) is 57.9 Å². The van der Waals surface area contributed by atoms with Crippen LogP contribution in [0.3, 0.4) is 0 Å². The van der Waals surface area contributed by atoms with Gasteiger partial charge in [-0.1, -0.05) is 32.9 Å². The van der Waals surface area contributed by atoms with E-state index in [1.54, 1.807) is 0 Å². The molecule has 1 heterocycles. The van der Waals surface area contributed by atoms with E-state index in [1.807, 2.05) is 16.9 Å². The summed E-state index contributed by atoms with van der Waals surface area (Å²) >= 11 is 0. The van der Waals surface area contributed by atoms with Crippen LogP contribution >= 0.6 is 0 Å². The molecule has 1 aromatic heterocycles. The molecule has 3 nitrogen and oxygen atoms in total. The van der Waals surface area contributed by atoms with Crippen LogP contribution in [0.5, 0.6) is 5.75 Å². The Bertz CT molecular complexity index is 579. The van der Waals surface area contributed by atoms with Gasteiger partial charge < -0.3 is 4.74 Å². The Balaban J connectivity index is 1.98. The zero-order valence-electron chi connectivity index (χ0n) is 13.1. The van der Waals surface area contributed by atoms with E-state index >= 15 is 0 Å². The Morgan fingerprint density at radius 1 is 1.15 bits per heavy atom. The molecule has 0 fully saturated rings. The van der Waals surface area contributed by atoms with Crippen molar-refractivity contribution in [2.45, 2.75) is 46.6 Å². The number of rotatable bonds is 4. The van der Waals surface area contributed by atoms with Gasteiger partial charge in [0.2, 0.25) is 0 Å². The number of hydrogen-bond acceptors (Lipinski definition) is 2. The lowest BCUT2D eigenvalue weighted by molar-refractivity contribution is 0.288. The van der Waals surface area contributed by atoms with Gasteiger partial charge in [0.1, 0.15) is 12.4 Å². The second-order valence-corrected chi connectivity index (χ2v) is 6.27. The molecule has 0 atom stereocenters. The first-order valence-electron chi connectivity index (χ1n) is 7.10. The van der Waals surface area contributed by atoms with Crippen LogP contribution in [0.4, 0.5) is 0 Å². The lowest BCUT2D eigenvalue weighted by Crippen LogP contribution is -2.13. The highest BCUT2D eigenvalue weighted by molar-refractivity contribution is 5.38. The molecule has 0 saturated heterocycles. The van der Waals surface area contributed by atoms with Crippen LogP contribution in [0.25, 0.3) is 0 Å². The van der Waals surface area contributed by atoms with Gasteiger partial charge in [0.05, 0.1) is 6.54 Å². The van der Waals surface area contributed by atoms with Gasteiger partial charge in [0.25, 0.3) is 0 Å². The highest BCUT2D eigenvalue weighted by Crippen LogP contribution is 2.27. The first-order valence-corrected chi connectivity index (χ1v) is 7.10. The van der Waals surface area contributed by atoms with E-state index < -0.39 is 0 Å². The van der Waals surface area contributed by atoms with E-state index in [9.17, 15) is 0 Å². The maximum absolute atomic E-state index is 5.87. The predicted octanol–water partition coefficient (Wildman–Crippen LogP) is 3.88. The largest absolute Gasteiger partial charge is 0.491 e. The van der Waals surface area contributed by atoms with Crippen molar-refractivity contribution in [1.29, 1.82) is 0 Å². The molecule has 0 N–H and O–H groups in total. The maximum atomic E-state index is 5.87. The zero-order chi connectivity index (χ0) is 14.8. The summed E-state index contributed by atoms with van der Waals surface area (Å²) in [5.74, 6) is 0.961. The van der Waals surface area contributed by atoms with Gasteiger partial charge in [-0.2, -0.15) is 5.10 Å². The van der Waals surface area contributed by atoms with Crippen molar-refractivity contribution in [2.24, 2.45) is 0 Å². The fraction of sp³-hybridized carbons (Fsp3) is 0.471. The smallest absolute Gasteiger partial charge is 0.122 e. The quantitative estimate of drug-likeness (QED) is 0.844. The Labute approximate surface area is 121 Å². The molecule has 3 heteroatoms. The molecule has 0 saturated carbocycles. The topological polar surface area (TPSA) is 27.1 Å². The van der Waals surface area contributed by atoms with Gasteiger partial charge in [-0.15, -0.1) is 0 Å². The molecule has 1 aromatic carbocycles. The van der Waals surface area contributed by atoms with E-state index in [4.69, 9.17) is 4.74 Å². The average molecular weight is 272 g/mol.